The smallest absolute Gasteiger partial charge is 0.220 e. The van der Waals surface area contributed by atoms with Crippen molar-refractivity contribution in [3.8, 4) is 0 Å². The molecule has 18 heavy (non-hydrogen) atoms. The standard InChI is InChI=1S/C14H16N2O2/c1-9(17)15-5-11-3-4-12-6-16(10(2)18)8-14(12)13(11)7-15/h3-4H,5-8H2,1-2H3. The predicted octanol–water partition coefficient (Wildman–Crippen LogP) is 1.41. The lowest BCUT2D eigenvalue weighted by Gasteiger charge is -2.13. The number of hydrogen-bond donors (Lipinski definition) is 0. The third-order valence-electron chi connectivity index (χ3n) is 3.94. The third kappa shape index (κ3) is 1.60. The van der Waals surface area contributed by atoms with E-state index in [4.69, 9.17) is 0 Å². The second-order valence-corrected chi connectivity index (χ2v) is 5.09. The van der Waals surface area contributed by atoms with Crippen molar-refractivity contribution in [2.75, 3.05) is 0 Å². The zero-order valence-corrected chi connectivity index (χ0v) is 10.7. The summed E-state index contributed by atoms with van der Waals surface area (Å²) in [5, 5.41) is 0. The SMILES string of the molecule is CC(=O)N1Cc2ccc3c(c2C1)CN(C(C)=O)C3. The van der Waals surface area contributed by atoms with Crippen LogP contribution in [0.25, 0.3) is 0 Å². The van der Waals surface area contributed by atoms with Crippen molar-refractivity contribution in [2.24, 2.45) is 0 Å². The van der Waals surface area contributed by atoms with Crippen LogP contribution in [0.3, 0.4) is 0 Å². The fourth-order valence-corrected chi connectivity index (χ4v) is 2.83. The first kappa shape index (κ1) is 11.3. The van der Waals surface area contributed by atoms with E-state index in [1.54, 1.807) is 13.8 Å². The van der Waals surface area contributed by atoms with Gasteiger partial charge in [0.1, 0.15) is 0 Å². The van der Waals surface area contributed by atoms with E-state index in [1.807, 2.05) is 9.80 Å². The molecule has 0 bridgehead atoms. The highest BCUT2D eigenvalue weighted by Crippen LogP contribution is 2.33. The van der Waals surface area contributed by atoms with Gasteiger partial charge in [-0.1, -0.05) is 12.1 Å². The van der Waals surface area contributed by atoms with Gasteiger partial charge in [-0.25, -0.2) is 0 Å². The van der Waals surface area contributed by atoms with Crippen LogP contribution in [-0.4, -0.2) is 21.6 Å². The van der Waals surface area contributed by atoms with Gasteiger partial charge >= 0.3 is 0 Å². The van der Waals surface area contributed by atoms with Crippen LogP contribution in [0.1, 0.15) is 36.1 Å². The van der Waals surface area contributed by atoms with Crippen LogP contribution < -0.4 is 0 Å². The molecule has 1 aromatic carbocycles. The normalized spacial score (nSPS) is 16.8. The largest absolute Gasteiger partial charge is 0.334 e. The lowest BCUT2D eigenvalue weighted by molar-refractivity contribution is -0.130. The van der Waals surface area contributed by atoms with E-state index >= 15 is 0 Å². The van der Waals surface area contributed by atoms with Gasteiger partial charge in [0.2, 0.25) is 11.8 Å². The summed E-state index contributed by atoms with van der Waals surface area (Å²) in [6.45, 7) is 6.01. The molecule has 2 heterocycles. The first-order valence-corrected chi connectivity index (χ1v) is 6.20. The number of nitrogens with zero attached hydrogens (tertiary/aromatic N) is 2. The summed E-state index contributed by atoms with van der Waals surface area (Å²) in [6, 6.07) is 4.20. The molecule has 0 saturated heterocycles. The summed E-state index contributed by atoms with van der Waals surface area (Å²) >= 11 is 0. The van der Waals surface area contributed by atoms with Crippen LogP contribution >= 0.6 is 0 Å². The van der Waals surface area contributed by atoms with Crippen LogP contribution in [-0.2, 0) is 35.8 Å². The number of carbonyl (C=O) groups excluding carboxylic acids is 2. The van der Waals surface area contributed by atoms with Crippen LogP contribution in [0.4, 0.5) is 0 Å². The lowest BCUT2D eigenvalue weighted by atomic mass is 10.0. The maximum absolute atomic E-state index is 11.4. The zero-order chi connectivity index (χ0) is 12.9. The monoisotopic (exact) mass is 244 g/mol. The Balaban J connectivity index is 1.95. The Labute approximate surface area is 106 Å². The van der Waals surface area contributed by atoms with Crippen LogP contribution in [0.5, 0.6) is 0 Å². The molecule has 0 spiro atoms. The second kappa shape index (κ2) is 3.83. The van der Waals surface area contributed by atoms with Crippen molar-refractivity contribution in [2.45, 2.75) is 40.0 Å². The summed E-state index contributed by atoms with van der Waals surface area (Å²) in [4.78, 5) is 26.6. The van der Waals surface area contributed by atoms with Gasteiger partial charge in [0.05, 0.1) is 0 Å². The van der Waals surface area contributed by atoms with Crippen LogP contribution in [0.2, 0.25) is 0 Å². The molecule has 2 aliphatic rings. The Hall–Kier alpha value is -1.84. The molecule has 3 rings (SSSR count). The number of carbonyl (C=O) groups is 2. The molecular weight excluding hydrogens is 228 g/mol. The highest BCUT2D eigenvalue weighted by Gasteiger charge is 2.29. The van der Waals surface area contributed by atoms with E-state index in [-0.39, 0.29) is 11.8 Å². The molecule has 0 aromatic heterocycles. The number of fused-ring (bicyclic) bond motifs is 3. The van der Waals surface area contributed by atoms with Crippen molar-refractivity contribution >= 4 is 11.8 Å². The number of rotatable bonds is 0. The van der Waals surface area contributed by atoms with Crippen LogP contribution in [0, 0.1) is 0 Å². The molecule has 2 aliphatic heterocycles. The molecular formula is C14H16N2O2. The second-order valence-electron chi connectivity index (χ2n) is 5.09. The van der Waals surface area contributed by atoms with Gasteiger partial charge in [-0.05, 0) is 22.3 Å². The average Bonchev–Trinajstić information content (AvgIpc) is 2.91. The summed E-state index contributed by atoms with van der Waals surface area (Å²) < 4.78 is 0. The number of benzene rings is 1. The molecule has 0 aliphatic carbocycles. The highest BCUT2D eigenvalue weighted by atomic mass is 16.2. The van der Waals surface area contributed by atoms with Gasteiger partial charge in [-0.3, -0.25) is 9.59 Å². The van der Waals surface area contributed by atoms with Gasteiger partial charge in [0.15, 0.2) is 0 Å². The molecule has 0 radical (unpaired) electrons. The number of amides is 2. The molecule has 0 saturated carbocycles. The van der Waals surface area contributed by atoms with Crippen molar-refractivity contribution in [1.29, 1.82) is 0 Å². The first-order valence-electron chi connectivity index (χ1n) is 6.20. The Morgan fingerprint density at radius 2 is 1.22 bits per heavy atom. The highest BCUT2D eigenvalue weighted by molar-refractivity contribution is 5.75. The summed E-state index contributed by atoms with van der Waals surface area (Å²) in [5.41, 5.74) is 4.97. The third-order valence-corrected chi connectivity index (χ3v) is 3.94. The fourth-order valence-electron chi connectivity index (χ4n) is 2.83. The average molecular weight is 244 g/mol. The van der Waals surface area contributed by atoms with E-state index in [2.05, 4.69) is 12.1 Å². The molecule has 0 N–H and O–H groups in total. The quantitative estimate of drug-likeness (QED) is 0.692. The molecule has 4 nitrogen and oxygen atoms in total. The van der Waals surface area contributed by atoms with E-state index < -0.39 is 0 Å². The summed E-state index contributed by atoms with van der Waals surface area (Å²) in [5.74, 6) is 0.225. The number of hydrogen-bond acceptors (Lipinski definition) is 2. The Morgan fingerprint density at radius 1 is 0.833 bits per heavy atom. The molecule has 0 fully saturated rings. The minimum atomic E-state index is 0.112. The van der Waals surface area contributed by atoms with E-state index in [1.165, 1.54) is 22.3 Å². The van der Waals surface area contributed by atoms with E-state index in [0.717, 1.165) is 0 Å². The predicted molar refractivity (Wildman–Crippen MR) is 66.3 cm³/mol. The van der Waals surface area contributed by atoms with Gasteiger partial charge in [-0.15, -0.1) is 0 Å². The maximum Gasteiger partial charge on any atom is 0.220 e. The Morgan fingerprint density at radius 3 is 1.56 bits per heavy atom. The summed E-state index contributed by atoms with van der Waals surface area (Å²) in [6.07, 6.45) is 0. The maximum atomic E-state index is 11.4. The zero-order valence-electron chi connectivity index (χ0n) is 10.7. The molecule has 0 unspecified atom stereocenters. The molecule has 2 amide bonds. The molecule has 4 heteroatoms. The van der Waals surface area contributed by atoms with Gasteiger partial charge < -0.3 is 9.80 Å². The molecule has 94 valence electrons. The summed E-state index contributed by atoms with van der Waals surface area (Å²) in [7, 11) is 0. The molecule has 0 atom stereocenters. The van der Waals surface area contributed by atoms with E-state index in [0.29, 0.717) is 26.2 Å². The van der Waals surface area contributed by atoms with Crippen molar-refractivity contribution in [3.63, 3.8) is 0 Å². The van der Waals surface area contributed by atoms with E-state index in [9.17, 15) is 9.59 Å². The fraction of sp³-hybridized carbons (Fsp3) is 0.429. The minimum Gasteiger partial charge on any atom is -0.334 e. The lowest BCUT2D eigenvalue weighted by Crippen LogP contribution is -2.23. The van der Waals surface area contributed by atoms with Crippen LogP contribution in [0.15, 0.2) is 12.1 Å². The minimum absolute atomic E-state index is 0.112. The van der Waals surface area contributed by atoms with Gasteiger partial charge in [0.25, 0.3) is 0 Å². The van der Waals surface area contributed by atoms with Crippen molar-refractivity contribution in [3.05, 3.63) is 34.4 Å². The molecule has 1 aromatic rings. The Bertz CT molecular complexity index is 502. The van der Waals surface area contributed by atoms with Gasteiger partial charge in [-0.2, -0.15) is 0 Å². The topological polar surface area (TPSA) is 40.6 Å². The van der Waals surface area contributed by atoms with Crippen molar-refractivity contribution < 1.29 is 9.59 Å². The first-order chi connectivity index (χ1) is 8.56. The Kier molecular flexibility index (Phi) is 2.40. The van der Waals surface area contributed by atoms with Gasteiger partial charge in [0, 0.05) is 40.0 Å². The van der Waals surface area contributed by atoms with Crippen molar-refractivity contribution in [1.82, 2.24) is 9.80 Å².